The third-order valence-corrected chi connectivity index (χ3v) is 6.94. The maximum absolute atomic E-state index is 13.5. The molecule has 0 aliphatic heterocycles. The van der Waals surface area contributed by atoms with Gasteiger partial charge in [-0.3, -0.25) is 9.59 Å². The number of ether oxygens (including phenoxy) is 3. The van der Waals surface area contributed by atoms with E-state index in [1.807, 2.05) is 6.92 Å². The molecule has 4 N–H and O–H groups in total. The van der Waals surface area contributed by atoms with Crippen molar-refractivity contribution < 1.29 is 23.8 Å². The number of nitrogens with one attached hydrogen (secondary N) is 2. The highest BCUT2D eigenvalue weighted by Crippen LogP contribution is 2.41. The number of carbonyl (C=O) groups excluding carboxylic acids is 2. The molecule has 196 valence electrons. The number of carbonyl (C=O) groups is 2. The summed E-state index contributed by atoms with van der Waals surface area (Å²) in [7, 11) is 3.08. The Balaban J connectivity index is 1.74. The van der Waals surface area contributed by atoms with E-state index in [-0.39, 0.29) is 21.9 Å². The van der Waals surface area contributed by atoms with Gasteiger partial charge in [-0.25, -0.2) is 0 Å². The SMILES string of the molecule is CCOc1ccc(NC(=O)c2c(Nc3ccc(OC)cc3OC)sc(C(=O)c3ccc(Cl)cc3)c2N)cc1. The second-order valence-corrected chi connectivity index (χ2v) is 9.44. The molecule has 4 rings (SSSR count). The highest BCUT2D eigenvalue weighted by molar-refractivity contribution is 7.19. The van der Waals surface area contributed by atoms with Crippen LogP contribution >= 0.6 is 22.9 Å². The van der Waals surface area contributed by atoms with E-state index in [1.54, 1.807) is 73.8 Å². The fraction of sp³-hybridized carbons (Fsp3) is 0.143. The van der Waals surface area contributed by atoms with Gasteiger partial charge in [0.05, 0.1) is 37.8 Å². The minimum Gasteiger partial charge on any atom is -0.497 e. The molecule has 0 spiro atoms. The number of benzene rings is 3. The van der Waals surface area contributed by atoms with Gasteiger partial charge in [-0.05, 0) is 67.6 Å². The van der Waals surface area contributed by atoms with E-state index in [9.17, 15) is 9.59 Å². The summed E-state index contributed by atoms with van der Waals surface area (Å²) in [6, 6.07) is 18.7. The highest BCUT2D eigenvalue weighted by atomic mass is 35.5. The number of anilines is 4. The topological polar surface area (TPSA) is 112 Å². The van der Waals surface area contributed by atoms with Crippen molar-refractivity contribution in [1.29, 1.82) is 0 Å². The van der Waals surface area contributed by atoms with Gasteiger partial charge < -0.3 is 30.6 Å². The Morgan fingerprint density at radius 2 is 1.63 bits per heavy atom. The van der Waals surface area contributed by atoms with Gasteiger partial charge in [-0.15, -0.1) is 11.3 Å². The third-order valence-electron chi connectivity index (χ3n) is 5.56. The Kier molecular flexibility index (Phi) is 8.40. The number of amides is 1. The Morgan fingerprint density at radius 1 is 0.947 bits per heavy atom. The summed E-state index contributed by atoms with van der Waals surface area (Å²) in [4.78, 5) is 27.1. The zero-order chi connectivity index (χ0) is 27.2. The van der Waals surface area contributed by atoms with E-state index in [0.29, 0.717) is 50.8 Å². The number of hydrogen-bond acceptors (Lipinski definition) is 8. The number of halogens is 1. The standard InChI is InChI=1S/C28H26ClN3O5S/c1-4-37-19-11-9-18(10-12-19)31-27(34)23-24(30)26(25(33)16-5-7-17(29)8-6-16)38-28(23)32-21-14-13-20(35-2)15-22(21)36-3/h5-15,32H,4,30H2,1-3H3,(H,31,34). The Bertz CT molecular complexity index is 1450. The van der Waals surface area contributed by atoms with Crippen molar-refractivity contribution in [1.82, 2.24) is 0 Å². The lowest BCUT2D eigenvalue weighted by Crippen LogP contribution is -2.15. The van der Waals surface area contributed by atoms with Gasteiger partial charge in [0.25, 0.3) is 5.91 Å². The number of rotatable bonds is 10. The average Bonchev–Trinajstić information content (AvgIpc) is 3.25. The van der Waals surface area contributed by atoms with E-state index in [0.717, 1.165) is 11.3 Å². The molecule has 0 atom stereocenters. The van der Waals surface area contributed by atoms with Crippen LogP contribution in [0.3, 0.4) is 0 Å². The summed E-state index contributed by atoms with van der Waals surface area (Å²) in [5.74, 6) is 0.970. The summed E-state index contributed by atoms with van der Waals surface area (Å²) in [5, 5.41) is 6.96. The Morgan fingerprint density at radius 3 is 2.26 bits per heavy atom. The Labute approximate surface area is 229 Å². The van der Waals surface area contributed by atoms with Crippen molar-refractivity contribution in [2.45, 2.75) is 6.92 Å². The van der Waals surface area contributed by atoms with Crippen molar-refractivity contribution >= 4 is 56.7 Å². The molecule has 0 radical (unpaired) electrons. The van der Waals surface area contributed by atoms with E-state index >= 15 is 0 Å². The first-order valence-corrected chi connectivity index (χ1v) is 12.8. The van der Waals surface area contributed by atoms with Crippen LogP contribution < -0.4 is 30.6 Å². The molecule has 0 saturated heterocycles. The maximum atomic E-state index is 13.5. The zero-order valence-electron chi connectivity index (χ0n) is 21.0. The second kappa shape index (κ2) is 11.9. The fourth-order valence-electron chi connectivity index (χ4n) is 3.68. The van der Waals surface area contributed by atoms with Gasteiger partial charge in [-0.2, -0.15) is 0 Å². The maximum Gasteiger partial charge on any atom is 0.260 e. The van der Waals surface area contributed by atoms with Gasteiger partial charge >= 0.3 is 0 Å². The first-order valence-electron chi connectivity index (χ1n) is 11.6. The van der Waals surface area contributed by atoms with Crippen molar-refractivity contribution in [2.24, 2.45) is 0 Å². The lowest BCUT2D eigenvalue weighted by molar-refractivity contribution is 0.102. The van der Waals surface area contributed by atoms with Crippen molar-refractivity contribution in [3.8, 4) is 17.2 Å². The molecule has 0 bridgehead atoms. The summed E-state index contributed by atoms with van der Waals surface area (Å²) < 4.78 is 16.2. The number of methoxy groups -OCH3 is 2. The third kappa shape index (κ3) is 5.85. The van der Waals surface area contributed by atoms with Crippen LogP contribution in [0.1, 0.15) is 32.5 Å². The number of nitrogens with two attached hydrogens (primary N) is 1. The van der Waals surface area contributed by atoms with Gasteiger partial charge in [0.1, 0.15) is 27.1 Å². The lowest BCUT2D eigenvalue weighted by Gasteiger charge is -2.13. The predicted octanol–water partition coefficient (Wildman–Crippen LogP) is 6.63. The fourth-order valence-corrected chi connectivity index (χ4v) is 4.90. The largest absolute Gasteiger partial charge is 0.497 e. The van der Waals surface area contributed by atoms with Crippen LogP contribution in [-0.2, 0) is 0 Å². The highest BCUT2D eigenvalue weighted by Gasteiger charge is 2.27. The number of nitrogen functional groups attached to an aromatic ring is 1. The smallest absolute Gasteiger partial charge is 0.260 e. The van der Waals surface area contributed by atoms with Crippen LogP contribution in [0.4, 0.5) is 22.1 Å². The number of thiophene rings is 1. The quantitative estimate of drug-likeness (QED) is 0.190. The van der Waals surface area contributed by atoms with Gasteiger partial charge in [0, 0.05) is 22.3 Å². The van der Waals surface area contributed by atoms with Crippen LogP contribution in [0.2, 0.25) is 5.02 Å². The molecule has 0 unspecified atom stereocenters. The molecule has 0 aliphatic carbocycles. The molecular formula is C28H26ClN3O5S. The molecule has 3 aromatic carbocycles. The average molecular weight is 552 g/mol. The summed E-state index contributed by atoms with van der Waals surface area (Å²) in [5.41, 5.74) is 8.16. The van der Waals surface area contributed by atoms with Crippen LogP contribution in [-0.4, -0.2) is 32.5 Å². The molecule has 1 amide bonds. The summed E-state index contributed by atoms with van der Waals surface area (Å²) >= 11 is 7.06. The molecule has 0 fully saturated rings. The molecular weight excluding hydrogens is 526 g/mol. The van der Waals surface area contributed by atoms with Crippen molar-refractivity contribution in [3.63, 3.8) is 0 Å². The number of ketones is 1. The zero-order valence-corrected chi connectivity index (χ0v) is 22.5. The molecule has 1 aromatic heterocycles. The minimum atomic E-state index is -0.479. The minimum absolute atomic E-state index is 0.0633. The van der Waals surface area contributed by atoms with E-state index in [4.69, 9.17) is 31.5 Å². The first kappa shape index (κ1) is 26.8. The van der Waals surface area contributed by atoms with Crippen LogP contribution in [0.25, 0.3) is 0 Å². The van der Waals surface area contributed by atoms with Crippen LogP contribution in [0, 0.1) is 0 Å². The molecule has 0 aliphatic rings. The summed E-state index contributed by atoms with van der Waals surface area (Å²) in [6.45, 7) is 2.43. The van der Waals surface area contributed by atoms with E-state index in [1.165, 1.54) is 7.11 Å². The summed E-state index contributed by atoms with van der Waals surface area (Å²) in [6.07, 6.45) is 0. The number of hydrogen-bond donors (Lipinski definition) is 3. The molecule has 1 heterocycles. The van der Waals surface area contributed by atoms with E-state index in [2.05, 4.69) is 10.6 Å². The van der Waals surface area contributed by atoms with Crippen molar-refractivity contribution in [2.75, 3.05) is 37.2 Å². The molecule has 38 heavy (non-hydrogen) atoms. The first-order chi connectivity index (χ1) is 18.3. The molecule has 10 heteroatoms. The van der Waals surface area contributed by atoms with E-state index < -0.39 is 5.91 Å². The molecule has 8 nitrogen and oxygen atoms in total. The van der Waals surface area contributed by atoms with Gasteiger partial charge in [-0.1, -0.05) is 11.6 Å². The second-order valence-electron chi connectivity index (χ2n) is 7.99. The van der Waals surface area contributed by atoms with Gasteiger partial charge in [0.15, 0.2) is 0 Å². The van der Waals surface area contributed by atoms with Crippen LogP contribution in [0.5, 0.6) is 17.2 Å². The van der Waals surface area contributed by atoms with Crippen molar-refractivity contribution in [3.05, 3.63) is 87.8 Å². The normalized spacial score (nSPS) is 10.5. The molecule has 0 saturated carbocycles. The predicted molar refractivity (Wildman–Crippen MR) is 152 cm³/mol. The van der Waals surface area contributed by atoms with Gasteiger partial charge in [0.2, 0.25) is 5.78 Å². The Hall–Kier alpha value is -4.21. The lowest BCUT2D eigenvalue weighted by atomic mass is 10.1. The van der Waals surface area contributed by atoms with Crippen LogP contribution in [0.15, 0.2) is 66.7 Å². The molecule has 4 aromatic rings. The monoisotopic (exact) mass is 551 g/mol.